The molecule has 1 amide bonds. The summed E-state index contributed by atoms with van der Waals surface area (Å²) in [4.78, 5) is 10.7. The van der Waals surface area contributed by atoms with Gasteiger partial charge in [0.15, 0.2) is 0 Å². The lowest BCUT2D eigenvalue weighted by Crippen LogP contribution is -2.48. The number of nitrogens with two attached hydrogens (primary N) is 2. The van der Waals surface area contributed by atoms with Crippen molar-refractivity contribution in [1.82, 2.24) is 0 Å². The van der Waals surface area contributed by atoms with Gasteiger partial charge in [0.05, 0.1) is 11.7 Å². The summed E-state index contributed by atoms with van der Waals surface area (Å²) in [7, 11) is 0. The first-order valence-electron chi connectivity index (χ1n) is 4.16. The van der Waals surface area contributed by atoms with Gasteiger partial charge in [0.1, 0.15) is 6.04 Å². The predicted octanol–water partition coefficient (Wildman–Crippen LogP) is 0.169. The van der Waals surface area contributed by atoms with E-state index in [2.05, 4.69) is 6.58 Å². The lowest BCUT2D eigenvalue weighted by Gasteiger charge is -2.28. The number of amides is 1. The number of hydrogen-bond acceptors (Lipinski definition) is 3. The average molecular weight is 186 g/mol. The van der Waals surface area contributed by atoms with E-state index in [1.165, 1.54) is 0 Å². The Morgan fingerprint density at radius 1 is 1.62 bits per heavy atom. The molecule has 0 spiro atoms. The summed E-state index contributed by atoms with van der Waals surface area (Å²) in [6, 6.07) is -0.778. The maximum Gasteiger partial charge on any atom is 0.237 e. The topological polar surface area (TPSA) is 78.3 Å². The van der Waals surface area contributed by atoms with E-state index < -0.39 is 23.7 Å². The molecule has 0 rings (SSSR count). The first kappa shape index (κ1) is 12.1. The van der Waals surface area contributed by atoms with Crippen LogP contribution in [0.4, 0.5) is 0 Å². The van der Waals surface area contributed by atoms with Gasteiger partial charge in [0, 0.05) is 0 Å². The van der Waals surface area contributed by atoms with Gasteiger partial charge in [-0.3, -0.25) is 4.79 Å². The third-order valence-corrected chi connectivity index (χ3v) is 1.82. The summed E-state index contributed by atoms with van der Waals surface area (Å²) in [5.41, 5.74) is 10.0. The zero-order valence-corrected chi connectivity index (χ0v) is 8.41. The van der Waals surface area contributed by atoms with Crippen LogP contribution >= 0.6 is 0 Å². The normalized spacial score (nSPS) is 16.3. The summed E-state index contributed by atoms with van der Waals surface area (Å²) in [6.07, 6.45) is 1.24. The van der Waals surface area contributed by atoms with Crippen molar-refractivity contribution in [2.24, 2.45) is 11.5 Å². The van der Waals surface area contributed by atoms with E-state index in [-0.39, 0.29) is 0 Å². The first-order chi connectivity index (χ1) is 5.80. The fraction of sp³-hybridized carbons (Fsp3) is 0.667. The molecule has 13 heavy (non-hydrogen) atoms. The van der Waals surface area contributed by atoms with Crippen LogP contribution in [0, 0.1) is 0 Å². The molecule has 0 aliphatic carbocycles. The van der Waals surface area contributed by atoms with Gasteiger partial charge in [-0.05, 0) is 20.8 Å². The summed E-state index contributed by atoms with van der Waals surface area (Å²) in [6.45, 7) is 8.99. The fourth-order valence-electron chi connectivity index (χ4n) is 0.832. The Morgan fingerprint density at radius 2 is 2.08 bits per heavy atom. The molecule has 0 aliphatic rings. The van der Waals surface area contributed by atoms with Crippen molar-refractivity contribution < 1.29 is 9.53 Å². The maximum absolute atomic E-state index is 10.7. The van der Waals surface area contributed by atoms with Gasteiger partial charge >= 0.3 is 0 Å². The van der Waals surface area contributed by atoms with Gasteiger partial charge in [-0.15, -0.1) is 6.58 Å². The summed E-state index contributed by atoms with van der Waals surface area (Å²) in [5.74, 6) is -0.563. The number of ether oxygens (including phenoxy) is 1. The molecule has 0 aromatic rings. The first-order valence-corrected chi connectivity index (χ1v) is 4.16. The molecule has 4 heteroatoms. The highest BCUT2D eigenvalue weighted by atomic mass is 16.5. The molecule has 2 atom stereocenters. The highest BCUT2D eigenvalue weighted by Gasteiger charge is 2.24. The van der Waals surface area contributed by atoms with Crippen LogP contribution in [0.3, 0.4) is 0 Å². The van der Waals surface area contributed by atoms with Gasteiger partial charge in [0.2, 0.25) is 5.91 Å². The minimum absolute atomic E-state index is 0.412. The molecule has 0 bridgehead atoms. The van der Waals surface area contributed by atoms with E-state index >= 15 is 0 Å². The minimum atomic E-state index is -0.778. The van der Waals surface area contributed by atoms with Crippen molar-refractivity contribution >= 4 is 5.91 Å². The molecule has 4 nitrogen and oxygen atoms in total. The molecule has 76 valence electrons. The van der Waals surface area contributed by atoms with Crippen molar-refractivity contribution in [2.75, 3.05) is 0 Å². The summed E-state index contributed by atoms with van der Waals surface area (Å²) < 4.78 is 5.47. The van der Waals surface area contributed by atoms with Crippen molar-refractivity contribution in [3.8, 4) is 0 Å². The lowest BCUT2D eigenvalue weighted by atomic mass is 10.1. The molecule has 0 aromatic heterocycles. The molecule has 0 radical (unpaired) electrons. The van der Waals surface area contributed by atoms with Crippen molar-refractivity contribution in [3.05, 3.63) is 12.7 Å². The van der Waals surface area contributed by atoms with Crippen molar-refractivity contribution in [1.29, 1.82) is 0 Å². The van der Waals surface area contributed by atoms with Gasteiger partial charge in [-0.1, -0.05) is 6.08 Å². The van der Waals surface area contributed by atoms with E-state index in [1.807, 2.05) is 13.8 Å². The van der Waals surface area contributed by atoms with Crippen LogP contribution in [0.15, 0.2) is 12.7 Å². The third-order valence-electron chi connectivity index (χ3n) is 1.82. The zero-order valence-electron chi connectivity index (χ0n) is 8.41. The quantitative estimate of drug-likeness (QED) is 0.601. The second-order valence-corrected chi connectivity index (χ2v) is 3.56. The standard InChI is InChI=1S/C9H18N2O2/c1-5-9(3,4)13-6(2)7(10)8(11)12/h5-7H,1,10H2,2-4H3,(H2,11,12)/t6-,7+/m1/s1. The highest BCUT2D eigenvalue weighted by molar-refractivity contribution is 5.80. The van der Waals surface area contributed by atoms with E-state index in [0.29, 0.717) is 0 Å². The Balaban J connectivity index is 4.22. The Hall–Kier alpha value is -0.870. The summed E-state index contributed by atoms with van der Waals surface area (Å²) in [5, 5.41) is 0. The van der Waals surface area contributed by atoms with Crippen LogP contribution in [0.25, 0.3) is 0 Å². The van der Waals surface area contributed by atoms with Gasteiger partial charge in [-0.25, -0.2) is 0 Å². The highest BCUT2D eigenvalue weighted by Crippen LogP contribution is 2.14. The van der Waals surface area contributed by atoms with E-state index in [4.69, 9.17) is 16.2 Å². The molecule has 4 N–H and O–H groups in total. The minimum Gasteiger partial charge on any atom is -0.368 e. The Kier molecular flexibility index (Phi) is 4.10. The number of hydrogen-bond donors (Lipinski definition) is 2. The molecular formula is C9H18N2O2. The molecule has 0 unspecified atom stereocenters. The molecule has 0 saturated heterocycles. The number of carbonyl (C=O) groups excluding carboxylic acids is 1. The summed E-state index contributed by atoms with van der Waals surface area (Å²) >= 11 is 0. The molecule has 0 aromatic carbocycles. The average Bonchev–Trinajstić information content (AvgIpc) is 2.02. The number of rotatable bonds is 5. The van der Waals surface area contributed by atoms with Crippen molar-refractivity contribution in [2.45, 2.75) is 38.5 Å². The smallest absolute Gasteiger partial charge is 0.237 e. The van der Waals surface area contributed by atoms with Gasteiger partial charge in [0.25, 0.3) is 0 Å². The molecule has 0 aliphatic heterocycles. The van der Waals surface area contributed by atoms with Gasteiger partial charge in [-0.2, -0.15) is 0 Å². The van der Waals surface area contributed by atoms with E-state index in [1.54, 1.807) is 13.0 Å². The fourth-order valence-corrected chi connectivity index (χ4v) is 0.832. The van der Waals surface area contributed by atoms with Crippen LogP contribution in [-0.2, 0) is 9.53 Å². The van der Waals surface area contributed by atoms with Crippen LogP contribution in [-0.4, -0.2) is 23.7 Å². The monoisotopic (exact) mass is 186 g/mol. The second-order valence-electron chi connectivity index (χ2n) is 3.56. The largest absolute Gasteiger partial charge is 0.368 e. The number of primary amides is 1. The van der Waals surface area contributed by atoms with Crippen LogP contribution in [0.5, 0.6) is 0 Å². The zero-order chi connectivity index (χ0) is 10.6. The molecule has 0 saturated carbocycles. The third kappa shape index (κ3) is 4.05. The van der Waals surface area contributed by atoms with E-state index in [0.717, 1.165) is 0 Å². The van der Waals surface area contributed by atoms with E-state index in [9.17, 15) is 4.79 Å². The SMILES string of the molecule is C=CC(C)(C)O[C@H](C)[C@H](N)C(N)=O. The van der Waals surface area contributed by atoms with Crippen LogP contribution in [0.2, 0.25) is 0 Å². The van der Waals surface area contributed by atoms with Crippen LogP contribution in [0.1, 0.15) is 20.8 Å². The van der Waals surface area contributed by atoms with Gasteiger partial charge < -0.3 is 16.2 Å². The molecule has 0 heterocycles. The second kappa shape index (κ2) is 4.39. The molecule has 0 fully saturated rings. The maximum atomic E-state index is 10.7. The lowest BCUT2D eigenvalue weighted by molar-refractivity contribution is -0.125. The molecular weight excluding hydrogens is 168 g/mol. The Labute approximate surface area is 78.9 Å². The van der Waals surface area contributed by atoms with Crippen molar-refractivity contribution in [3.63, 3.8) is 0 Å². The van der Waals surface area contributed by atoms with Crippen LogP contribution < -0.4 is 11.5 Å². The predicted molar refractivity (Wildman–Crippen MR) is 52.0 cm³/mol. The Bertz CT molecular complexity index is 202. The number of carbonyl (C=O) groups is 1. The Morgan fingerprint density at radius 3 is 2.38 bits per heavy atom.